The molecule has 0 spiro atoms. The molecule has 1 heterocycles. The molecule has 1 aliphatic rings. The fourth-order valence-electron chi connectivity index (χ4n) is 7.23. The number of unbranched alkanes of at least 4 members (excludes halogenated alkanes) is 28. The summed E-state index contributed by atoms with van der Waals surface area (Å²) < 4.78 is 29.0. The van der Waals surface area contributed by atoms with Crippen LogP contribution in [0.1, 0.15) is 219 Å². The number of amides is 1. The summed E-state index contributed by atoms with van der Waals surface area (Å²) in [7, 11) is 0. The van der Waals surface area contributed by atoms with E-state index in [0.29, 0.717) is 32.5 Å². The van der Waals surface area contributed by atoms with E-state index in [1.54, 1.807) is 0 Å². The molecule has 0 aromatic carbocycles. The normalized spacial score (nSPS) is 13.3. The number of carbonyl (C=O) groups excluding carboxylic acids is 3. The maximum Gasteiger partial charge on any atom is 0.407 e. The van der Waals surface area contributed by atoms with Crippen molar-refractivity contribution in [3.05, 3.63) is 0 Å². The van der Waals surface area contributed by atoms with Crippen molar-refractivity contribution in [2.24, 2.45) is 0 Å². The number of carbonyl (C=O) groups is 3. The minimum absolute atomic E-state index is 0.120. The van der Waals surface area contributed by atoms with Gasteiger partial charge >= 0.3 is 18.0 Å². The molecule has 0 radical (unpaired) electrons. The number of halogens is 1. The average molecular weight is 769 g/mol. The molecule has 54 heavy (non-hydrogen) atoms. The van der Waals surface area contributed by atoms with Crippen molar-refractivity contribution in [3.8, 4) is 0 Å². The van der Waals surface area contributed by atoms with Gasteiger partial charge in [-0.1, -0.05) is 194 Å². The fraction of sp³-hybridized carbons (Fsp3) is 0.933. The van der Waals surface area contributed by atoms with E-state index in [1.165, 1.54) is 154 Å². The Bertz CT molecular complexity index is 821. The van der Waals surface area contributed by atoms with Crippen molar-refractivity contribution < 1.29 is 33.0 Å². The Balaban J connectivity index is 2.18. The van der Waals surface area contributed by atoms with Gasteiger partial charge in [-0.05, 0) is 12.8 Å². The second-order valence-corrected chi connectivity index (χ2v) is 16.1. The van der Waals surface area contributed by atoms with Crippen molar-refractivity contribution in [1.82, 2.24) is 10.2 Å². The predicted molar refractivity (Wildman–Crippen MR) is 221 cm³/mol. The van der Waals surface area contributed by atoms with Crippen LogP contribution < -0.4 is 5.32 Å². The second-order valence-electron chi connectivity index (χ2n) is 16.1. The first kappa shape index (κ1) is 50.1. The Morgan fingerprint density at radius 2 is 0.852 bits per heavy atom. The molecule has 318 valence electrons. The van der Waals surface area contributed by atoms with E-state index in [0.717, 1.165) is 38.5 Å². The van der Waals surface area contributed by atoms with Gasteiger partial charge in [0.25, 0.3) is 0 Å². The zero-order valence-corrected chi connectivity index (χ0v) is 35.3. The lowest BCUT2D eigenvalue weighted by Gasteiger charge is -2.38. The number of ether oxygens (including phenoxy) is 3. The van der Waals surface area contributed by atoms with Gasteiger partial charge in [-0.25, -0.2) is 9.18 Å². The minimum Gasteiger partial charge on any atom is -0.462 e. The van der Waals surface area contributed by atoms with Gasteiger partial charge in [0, 0.05) is 32.5 Å². The van der Waals surface area contributed by atoms with Crippen LogP contribution in [0.5, 0.6) is 0 Å². The van der Waals surface area contributed by atoms with Crippen LogP contribution >= 0.6 is 0 Å². The SMILES string of the molecule is CCCCCCCCCCCCCCCCCC(=O)OCC(COC(=O)CCCCCCCCCCCCCCCCC)OC(=O)NC1CN(CCF)C1. The number of hydrogen-bond donors (Lipinski definition) is 1. The zero-order chi connectivity index (χ0) is 39.2. The standard InChI is InChI=1S/C45H85FN2O6/c1-3-5-7-9-11-13-15-17-19-21-23-25-27-29-31-33-43(49)52-39-42(54-45(51)47-41-37-48(38-41)36-35-46)40-53-44(50)34-32-30-28-26-24-22-20-18-16-14-12-10-8-6-4-2/h41-42H,3-40H2,1-2H3,(H,47,51). The van der Waals surface area contributed by atoms with Crippen LogP contribution in [-0.4, -0.2) is 74.6 Å². The molecular formula is C45H85FN2O6. The summed E-state index contributed by atoms with van der Waals surface area (Å²) in [4.78, 5) is 39.4. The Labute approximate surface area is 331 Å². The van der Waals surface area contributed by atoms with Gasteiger partial charge < -0.3 is 19.5 Å². The molecule has 0 aromatic rings. The van der Waals surface area contributed by atoms with Gasteiger partial charge in [-0.2, -0.15) is 0 Å². The topological polar surface area (TPSA) is 94.2 Å². The quantitative estimate of drug-likeness (QED) is 0.0377. The lowest BCUT2D eigenvalue weighted by Crippen LogP contribution is -2.60. The van der Waals surface area contributed by atoms with E-state index in [2.05, 4.69) is 19.2 Å². The van der Waals surface area contributed by atoms with E-state index in [1.807, 2.05) is 4.90 Å². The van der Waals surface area contributed by atoms with E-state index in [4.69, 9.17) is 14.2 Å². The number of nitrogens with one attached hydrogen (secondary N) is 1. The van der Waals surface area contributed by atoms with E-state index in [9.17, 15) is 18.8 Å². The van der Waals surface area contributed by atoms with Gasteiger partial charge in [-0.15, -0.1) is 0 Å². The van der Waals surface area contributed by atoms with Crippen LogP contribution in [0.25, 0.3) is 0 Å². The highest BCUT2D eigenvalue weighted by atomic mass is 19.1. The molecular weight excluding hydrogens is 684 g/mol. The lowest BCUT2D eigenvalue weighted by atomic mass is 10.0. The highest BCUT2D eigenvalue weighted by molar-refractivity contribution is 5.70. The van der Waals surface area contributed by atoms with Gasteiger partial charge in [0.15, 0.2) is 6.10 Å². The number of nitrogens with zero attached hydrogens (tertiary/aromatic N) is 1. The number of alkyl halides is 1. The third kappa shape index (κ3) is 32.4. The highest BCUT2D eigenvalue weighted by Crippen LogP contribution is 2.16. The number of esters is 2. The fourth-order valence-corrected chi connectivity index (χ4v) is 7.23. The first-order valence-corrected chi connectivity index (χ1v) is 23.0. The lowest BCUT2D eigenvalue weighted by molar-refractivity contribution is -0.152. The largest absolute Gasteiger partial charge is 0.462 e. The van der Waals surface area contributed by atoms with Crippen LogP contribution in [0.4, 0.5) is 9.18 Å². The van der Waals surface area contributed by atoms with Crippen molar-refractivity contribution >= 4 is 18.0 Å². The molecule has 1 rings (SSSR count). The maximum absolute atomic E-state index is 12.6. The Morgan fingerprint density at radius 3 is 1.17 bits per heavy atom. The first-order valence-electron chi connectivity index (χ1n) is 23.0. The molecule has 0 bridgehead atoms. The summed E-state index contributed by atoms with van der Waals surface area (Å²) in [5.41, 5.74) is 0. The number of alkyl carbamates (subject to hydrolysis) is 1. The van der Waals surface area contributed by atoms with Crippen LogP contribution in [0.2, 0.25) is 0 Å². The van der Waals surface area contributed by atoms with Gasteiger partial charge in [0.1, 0.15) is 19.9 Å². The van der Waals surface area contributed by atoms with Gasteiger partial charge in [0.2, 0.25) is 0 Å². The molecule has 0 aromatic heterocycles. The molecule has 1 saturated heterocycles. The summed E-state index contributed by atoms with van der Waals surface area (Å²) in [5, 5.41) is 2.77. The van der Waals surface area contributed by atoms with E-state index >= 15 is 0 Å². The Hall–Kier alpha value is -1.90. The average Bonchev–Trinajstić information content (AvgIpc) is 3.15. The van der Waals surface area contributed by atoms with Crippen LogP contribution in [0, 0.1) is 0 Å². The summed E-state index contributed by atoms with van der Waals surface area (Å²) >= 11 is 0. The Kier molecular flexibility index (Phi) is 35.3. The third-order valence-electron chi connectivity index (χ3n) is 10.8. The van der Waals surface area contributed by atoms with E-state index < -0.39 is 18.9 Å². The Morgan fingerprint density at radius 1 is 0.537 bits per heavy atom. The number of rotatable bonds is 40. The molecule has 8 nitrogen and oxygen atoms in total. The predicted octanol–water partition coefficient (Wildman–Crippen LogP) is 12.3. The molecule has 0 atom stereocenters. The first-order chi connectivity index (χ1) is 26.5. The molecule has 1 N–H and O–H groups in total. The molecule has 9 heteroatoms. The second kappa shape index (κ2) is 38.0. The highest BCUT2D eigenvalue weighted by Gasteiger charge is 2.29. The van der Waals surface area contributed by atoms with Gasteiger partial charge in [-0.3, -0.25) is 14.5 Å². The molecule has 0 aliphatic carbocycles. The maximum atomic E-state index is 12.6. The van der Waals surface area contributed by atoms with Crippen LogP contribution in [-0.2, 0) is 23.8 Å². The number of likely N-dealkylation sites (tertiary alicyclic amines) is 1. The van der Waals surface area contributed by atoms with Crippen molar-refractivity contribution in [2.45, 2.75) is 231 Å². The molecule has 1 aliphatic heterocycles. The van der Waals surface area contributed by atoms with Gasteiger partial charge in [0.05, 0.1) is 6.04 Å². The monoisotopic (exact) mass is 769 g/mol. The smallest absolute Gasteiger partial charge is 0.407 e. The summed E-state index contributed by atoms with van der Waals surface area (Å²) in [6, 6.07) is -0.120. The van der Waals surface area contributed by atoms with Crippen LogP contribution in [0.3, 0.4) is 0 Å². The molecule has 0 unspecified atom stereocenters. The summed E-state index contributed by atoms with van der Waals surface area (Å²) in [6.07, 6.45) is 37.0. The van der Waals surface area contributed by atoms with Crippen molar-refractivity contribution in [3.63, 3.8) is 0 Å². The zero-order valence-electron chi connectivity index (χ0n) is 35.3. The minimum atomic E-state index is -0.887. The van der Waals surface area contributed by atoms with Crippen molar-refractivity contribution in [1.29, 1.82) is 0 Å². The molecule has 1 amide bonds. The third-order valence-corrected chi connectivity index (χ3v) is 10.8. The van der Waals surface area contributed by atoms with Crippen molar-refractivity contribution in [2.75, 3.05) is 39.5 Å². The van der Waals surface area contributed by atoms with Crippen LogP contribution in [0.15, 0.2) is 0 Å². The number of hydrogen-bond acceptors (Lipinski definition) is 7. The summed E-state index contributed by atoms with van der Waals surface area (Å²) in [6.45, 7) is 5.26. The summed E-state index contributed by atoms with van der Waals surface area (Å²) in [5.74, 6) is -0.660. The van der Waals surface area contributed by atoms with E-state index in [-0.39, 0.29) is 31.2 Å². The molecule has 1 fully saturated rings. The molecule has 0 saturated carbocycles.